The minimum atomic E-state index is -1.62. The van der Waals surface area contributed by atoms with Crippen LogP contribution in [0, 0.1) is 34.5 Å². The highest BCUT2D eigenvalue weighted by atomic mass is 16.8. The Hall–Kier alpha value is -1.19. The van der Waals surface area contributed by atoms with Crippen LogP contribution in [-0.4, -0.2) is 118 Å². The molecule has 0 unspecified atom stereocenters. The molecular weight excluding hydrogens is 528 g/mol. The molecule has 0 spiro atoms. The molecule has 2 aliphatic heterocycles. The molecule has 0 aromatic rings. The summed E-state index contributed by atoms with van der Waals surface area (Å²) in [5.41, 5.74) is -3.50. The minimum absolute atomic E-state index is 0.0911. The van der Waals surface area contributed by atoms with Gasteiger partial charge >= 0.3 is 0 Å². The van der Waals surface area contributed by atoms with Gasteiger partial charge in [0.15, 0.2) is 18.3 Å². The maximum absolute atomic E-state index is 14.0. The zero-order valence-electron chi connectivity index (χ0n) is 23.8. The van der Waals surface area contributed by atoms with Crippen molar-refractivity contribution in [2.75, 3.05) is 20.8 Å². The third kappa shape index (κ3) is 3.99. The molecule has 0 bridgehead atoms. The van der Waals surface area contributed by atoms with Crippen molar-refractivity contribution in [2.24, 2.45) is 34.5 Å². The summed E-state index contributed by atoms with van der Waals surface area (Å²) in [4.78, 5) is 14.0. The van der Waals surface area contributed by atoms with Gasteiger partial charge in [0.25, 0.3) is 0 Å². The van der Waals surface area contributed by atoms with Crippen LogP contribution >= 0.6 is 0 Å². The van der Waals surface area contributed by atoms with Crippen LogP contribution in [0.25, 0.3) is 0 Å². The van der Waals surface area contributed by atoms with Crippen molar-refractivity contribution in [3.05, 3.63) is 11.8 Å². The molecule has 12 heteroatoms. The molecule has 12 nitrogen and oxygen atoms in total. The van der Waals surface area contributed by atoms with Gasteiger partial charge in [-0.05, 0) is 31.3 Å². The quantitative estimate of drug-likeness (QED) is 0.238. The number of fused-ring (bicyclic) bond motifs is 2. The van der Waals surface area contributed by atoms with Gasteiger partial charge in [-0.15, -0.1) is 0 Å². The van der Waals surface area contributed by atoms with Crippen LogP contribution in [0.1, 0.15) is 40.5 Å². The van der Waals surface area contributed by atoms with E-state index in [1.807, 2.05) is 20.8 Å². The number of ketones is 1. The number of ether oxygens (including phenoxy) is 5. The van der Waals surface area contributed by atoms with Crippen LogP contribution in [0.15, 0.2) is 11.8 Å². The molecule has 0 radical (unpaired) electrons. The van der Waals surface area contributed by atoms with Gasteiger partial charge in [-0.3, -0.25) is 4.79 Å². The number of hydrogen-bond acceptors (Lipinski definition) is 12. The van der Waals surface area contributed by atoms with E-state index >= 15 is 0 Å². The lowest BCUT2D eigenvalue weighted by Gasteiger charge is -2.71. The van der Waals surface area contributed by atoms with Crippen molar-refractivity contribution in [1.29, 1.82) is 0 Å². The highest BCUT2D eigenvalue weighted by Crippen LogP contribution is 2.69. The van der Waals surface area contributed by atoms with Gasteiger partial charge in [0.2, 0.25) is 5.78 Å². The number of aliphatic hydroxyl groups is 6. The summed E-state index contributed by atoms with van der Waals surface area (Å²) in [5.74, 6) is -1.53. The van der Waals surface area contributed by atoms with Crippen molar-refractivity contribution >= 4 is 5.78 Å². The van der Waals surface area contributed by atoms with Crippen molar-refractivity contribution in [3.8, 4) is 0 Å². The lowest BCUT2D eigenvalue weighted by molar-refractivity contribution is -0.392. The fourth-order valence-electron chi connectivity index (χ4n) is 9.17. The molecule has 2 saturated heterocycles. The summed E-state index contributed by atoms with van der Waals surface area (Å²) in [5, 5.41) is 64.4. The van der Waals surface area contributed by atoms with Crippen LogP contribution in [0.3, 0.4) is 0 Å². The van der Waals surface area contributed by atoms with Gasteiger partial charge in [0.1, 0.15) is 30.5 Å². The Morgan fingerprint density at radius 3 is 2.27 bits per heavy atom. The van der Waals surface area contributed by atoms with E-state index in [1.165, 1.54) is 14.2 Å². The molecular formula is C28H44O12. The number of Topliss-reactive ketones (excluding diaryl/α,β-unsaturated/α-hetero) is 1. The van der Waals surface area contributed by atoms with Gasteiger partial charge in [-0.1, -0.05) is 20.8 Å². The smallest absolute Gasteiger partial charge is 0.203 e. The molecule has 2 heterocycles. The van der Waals surface area contributed by atoms with Crippen LogP contribution in [-0.2, 0) is 28.5 Å². The van der Waals surface area contributed by atoms with E-state index in [1.54, 1.807) is 13.0 Å². The topological polar surface area (TPSA) is 185 Å². The van der Waals surface area contributed by atoms with Gasteiger partial charge in [0.05, 0.1) is 31.5 Å². The molecule has 16 atom stereocenters. The largest absolute Gasteiger partial charge is 0.493 e. The molecule has 2 saturated carbocycles. The van der Waals surface area contributed by atoms with Gasteiger partial charge in [0, 0.05) is 36.2 Å². The van der Waals surface area contributed by atoms with E-state index in [0.29, 0.717) is 6.42 Å². The molecule has 40 heavy (non-hydrogen) atoms. The van der Waals surface area contributed by atoms with Crippen LogP contribution in [0.4, 0.5) is 0 Å². The van der Waals surface area contributed by atoms with E-state index in [4.69, 9.17) is 23.7 Å². The summed E-state index contributed by atoms with van der Waals surface area (Å²) in [6, 6.07) is 0. The summed E-state index contributed by atoms with van der Waals surface area (Å²) < 4.78 is 29.3. The van der Waals surface area contributed by atoms with Gasteiger partial charge in [-0.2, -0.15) is 0 Å². The molecule has 4 fully saturated rings. The maximum atomic E-state index is 14.0. The van der Waals surface area contributed by atoms with Crippen LogP contribution in [0.5, 0.6) is 0 Å². The zero-order chi connectivity index (χ0) is 29.5. The Morgan fingerprint density at radius 2 is 1.68 bits per heavy atom. The van der Waals surface area contributed by atoms with Crippen LogP contribution < -0.4 is 0 Å². The van der Waals surface area contributed by atoms with Gasteiger partial charge < -0.3 is 54.3 Å². The minimum Gasteiger partial charge on any atom is -0.493 e. The molecule has 0 aromatic carbocycles. The Balaban J connectivity index is 1.55. The van der Waals surface area contributed by atoms with E-state index in [0.717, 1.165) is 0 Å². The second-order valence-electron chi connectivity index (χ2n) is 12.9. The first-order chi connectivity index (χ1) is 18.7. The first-order valence-corrected chi connectivity index (χ1v) is 14.0. The van der Waals surface area contributed by atoms with Crippen molar-refractivity contribution in [2.45, 2.75) is 101 Å². The van der Waals surface area contributed by atoms with Crippen molar-refractivity contribution in [1.82, 2.24) is 0 Å². The Kier molecular flexibility index (Phi) is 7.73. The number of carbonyl (C=O) groups is 1. The van der Waals surface area contributed by atoms with Crippen LogP contribution in [0.2, 0.25) is 0 Å². The second-order valence-corrected chi connectivity index (χ2v) is 12.9. The Morgan fingerprint density at radius 1 is 1.00 bits per heavy atom. The number of aliphatic hydroxyl groups excluding tert-OH is 5. The standard InChI is InChI=1S/C28H44O12/c1-11-7-13(36-5)23(34)26(2)12(11)8-16-27(3)15(28(4,35)24(37-6)21(33)22(26)27)9-17(39-16)40-25-20(32)19(31)18(30)14(10-29)38-25/h7,11-12,14-22,24-25,29-33,35H,8-10H2,1-6H3/t11-,12+,14-,15-,16-,17+,18-,19+,20-,21+,22-,24+,25+,26+,27-,28+/m1/s1. The number of allylic oxidation sites excluding steroid dienone is 2. The normalized spacial score (nSPS) is 56.1. The lowest BCUT2D eigenvalue weighted by Crippen LogP contribution is -2.78. The number of methoxy groups -OCH3 is 2. The predicted octanol–water partition coefficient (Wildman–Crippen LogP) is -0.928. The Labute approximate surface area is 233 Å². The molecule has 3 aliphatic carbocycles. The van der Waals surface area contributed by atoms with E-state index in [-0.39, 0.29) is 29.8 Å². The maximum Gasteiger partial charge on any atom is 0.203 e. The second kappa shape index (κ2) is 10.2. The first kappa shape index (κ1) is 30.3. The summed E-state index contributed by atoms with van der Waals surface area (Å²) in [6.45, 7) is 6.80. The molecule has 0 aromatic heterocycles. The first-order valence-electron chi connectivity index (χ1n) is 14.0. The SMILES string of the molecule is COC1=C[C@@H](C)[C@@H]2C[C@H]3O[C@@H](O[C@@H]4O[C@H](CO)[C@@H](O)[C@H](O)[C@H]4O)C[C@H]4[C@](C)(O)[C@@H](OC)[C@@H](O)[C@H]([C@@]2(C)C1=O)[C@@]34C. The number of rotatable bonds is 5. The summed E-state index contributed by atoms with van der Waals surface area (Å²) in [6.07, 6.45) is -8.85. The highest BCUT2D eigenvalue weighted by molar-refractivity contribution is 5.99. The summed E-state index contributed by atoms with van der Waals surface area (Å²) >= 11 is 0. The number of carbonyl (C=O) groups excluding carboxylic acids is 1. The molecule has 0 amide bonds. The molecule has 5 rings (SSSR count). The monoisotopic (exact) mass is 572 g/mol. The predicted molar refractivity (Wildman–Crippen MR) is 136 cm³/mol. The third-order valence-electron chi connectivity index (χ3n) is 11.0. The Bertz CT molecular complexity index is 1020. The van der Waals surface area contributed by atoms with E-state index in [2.05, 4.69) is 0 Å². The molecule has 228 valence electrons. The van der Waals surface area contributed by atoms with Crippen molar-refractivity contribution < 1.29 is 59.1 Å². The molecule has 5 aliphatic rings. The fraction of sp³-hybridized carbons (Fsp3) is 0.893. The number of hydrogen-bond donors (Lipinski definition) is 6. The highest BCUT2D eigenvalue weighted by Gasteiger charge is 2.75. The molecule has 6 N–H and O–H groups in total. The van der Waals surface area contributed by atoms with E-state index in [9.17, 15) is 35.4 Å². The van der Waals surface area contributed by atoms with E-state index < -0.39 is 90.2 Å². The fourth-order valence-corrected chi connectivity index (χ4v) is 9.17. The third-order valence-corrected chi connectivity index (χ3v) is 11.0. The average Bonchev–Trinajstić information content (AvgIpc) is 2.89. The average molecular weight is 573 g/mol. The summed E-state index contributed by atoms with van der Waals surface area (Å²) in [7, 11) is 2.87. The van der Waals surface area contributed by atoms with Gasteiger partial charge in [-0.25, -0.2) is 0 Å². The zero-order valence-corrected chi connectivity index (χ0v) is 23.8. The lowest BCUT2D eigenvalue weighted by atomic mass is 9.37. The van der Waals surface area contributed by atoms with Crippen molar-refractivity contribution in [3.63, 3.8) is 0 Å².